The molecule has 0 fully saturated rings. The Balaban J connectivity index is 3.58. The Bertz CT molecular complexity index is 71.3. The van der Waals surface area contributed by atoms with Crippen LogP contribution in [0.4, 0.5) is 8.78 Å². The molecule has 0 saturated carbocycles. The summed E-state index contributed by atoms with van der Waals surface area (Å²) in [6, 6.07) is 0. The van der Waals surface area contributed by atoms with E-state index in [0.717, 1.165) is 0 Å². The van der Waals surface area contributed by atoms with Crippen molar-refractivity contribution in [2.75, 3.05) is 6.67 Å². The van der Waals surface area contributed by atoms with E-state index in [1.807, 2.05) is 13.8 Å². The summed E-state index contributed by atoms with van der Waals surface area (Å²) in [6.07, 6.45) is -1.27. The Labute approximate surface area is 55.3 Å². The quantitative estimate of drug-likeness (QED) is 0.559. The fourth-order valence-electron chi connectivity index (χ4n) is 0.558. The van der Waals surface area contributed by atoms with Gasteiger partial charge in [-0.05, 0) is 11.8 Å². The number of halogens is 2. The smallest absolute Gasteiger partial charge is 0.131 e. The van der Waals surface area contributed by atoms with Crippen LogP contribution in [0.25, 0.3) is 0 Å². The Hall–Kier alpha value is -0.140. The second-order valence-electron chi connectivity index (χ2n) is 2.77. The van der Waals surface area contributed by atoms with Crippen LogP contribution in [0.3, 0.4) is 0 Å². The van der Waals surface area contributed by atoms with Gasteiger partial charge < -0.3 is 0 Å². The van der Waals surface area contributed by atoms with Crippen LogP contribution in [0.2, 0.25) is 0 Å². The van der Waals surface area contributed by atoms with Crippen molar-refractivity contribution in [2.24, 2.45) is 11.8 Å². The highest BCUT2D eigenvalue weighted by atomic mass is 19.2. The number of rotatable bonds is 3. The molecule has 56 valence electrons. The molecule has 2 atom stereocenters. The average Bonchev–Trinajstić information content (AvgIpc) is 1.84. The van der Waals surface area contributed by atoms with Crippen LogP contribution < -0.4 is 0 Å². The van der Waals surface area contributed by atoms with Gasteiger partial charge in [0.05, 0.1) is 0 Å². The molecule has 0 N–H and O–H groups in total. The number of hydrogen-bond acceptors (Lipinski definition) is 0. The standard InChI is InChI=1S/C7H14F2/c1-5(2)6(3)7(9)4-8/h5-7H,4H2,1-3H3/t6-,7-/m0/s1. The van der Waals surface area contributed by atoms with Gasteiger partial charge >= 0.3 is 0 Å². The minimum Gasteiger partial charge on any atom is -0.248 e. The van der Waals surface area contributed by atoms with E-state index in [9.17, 15) is 8.78 Å². The summed E-state index contributed by atoms with van der Waals surface area (Å²) >= 11 is 0. The van der Waals surface area contributed by atoms with Crippen molar-refractivity contribution in [2.45, 2.75) is 26.9 Å². The normalized spacial score (nSPS) is 18.0. The summed E-state index contributed by atoms with van der Waals surface area (Å²) in [7, 11) is 0. The highest BCUT2D eigenvalue weighted by Gasteiger charge is 2.18. The zero-order valence-corrected chi connectivity index (χ0v) is 6.20. The van der Waals surface area contributed by atoms with Gasteiger partial charge in [-0.3, -0.25) is 0 Å². The summed E-state index contributed by atoms with van der Waals surface area (Å²) < 4.78 is 24.0. The molecule has 2 heteroatoms. The third-order valence-electron chi connectivity index (χ3n) is 1.77. The average molecular weight is 136 g/mol. The second-order valence-corrected chi connectivity index (χ2v) is 2.77. The van der Waals surface area contributed by atoms with Crippen molar-refractivity contribution in [3.8, 4) is 0 Å². The molecule has 0 aromatic carbocycles. The highest BCUT2D eigenvalue weighted by molar-refractivity contribution is 4.66. The van der Waals surface area contributed by atoms with Crippen LogP contribution in [-0.2, 0) is 0 Å². The van der Waals surface area contributed by atoms with E-state index in [2.05, 4.69) is 0 Å². The van der Waals surface area contributed by atoms with E-state index in [0.29, 0.717) is 0 Å². The Morgan fingerprint density at radius 2 is 1.67 bits per heavy atom. The van der Waals surface area contributed by atoms with Crippen molar-refractivity contribution < 1.29 is 8.78 Å². The molecule has 0 radical (unpaired) electrons. The lowest BCUT2D eigenvalue weighted by Gasteiger charge is -2.16. The van der Waals surface area contributed by atoms with Gasteiger partial charge in [0.15, 0.2) is 0 Å². The van der Waals surface area contributed by atoms with Crippen molar-refractivity contribution in [1.29, 1.82) is 0 Å². The van der Waals surface area contributed by atoms with Gasteiger partial charge in [-0.25, -0.2) is 8.78 Å². The van der Waals surface area contributed by atoms with E-state index in [1.165, 1.54) is 0 Å². The largest absolute Gasteiger partial charge is 0.248 e. The molecule has 0 aromatic rings. The first kappa shape index (κ1) is 8.86. The molecule has 0 bridgehead atoms. The van der Waals surface area contributed by atoms with Crippen LogP contribution in [-0.4, -0.2) is 12.8 Å². The molecule has 0 unspecified atom stereocenters. The maximum absolute atomic E-state index is 12.4. The molecule has 0 spiro atoms. The van der Waals surface area contributed by atoms with Crippen LogP contribution in [0, 0.1) is 11.8 Å². The van der Waals surface area contributed by atoms with Gasteiger partial charge in [0.25, 0.3) is 0 Å². The zero-order chi connectivity index (χ0) is 7.44. The molecular weight excluding hydrogens is 122 g/mol. The molecule has 0 heterocycles. The summed E-state index contributed by atoms with van der Waals surface area (Å²) in [5, 5.41) is 0. The Kier molecular flexibility index (Phi) is 3.75. The van der Waals surface area contributed by atoms with Gasteiger partial charge in [-0.15, -0.1) is 0 Å². The zero-order valence-electron chi connectivity index (χ0n) is 6.20. The Morgan fingerprint density at radius 3 is 1.78 bits per heavy atom. The van der Waals surface area contributed by atoms with E-state index >= 15 is 0 Å². The fourth-order valence-corrected chi connectivity index (χ4v) is 0.558. The van der Waals surface area contributed by atoms with Crippen LogP contribution >= 0.6 is 0 Å². The highest BCUT2D eigenvalue weighted by Crippen LogP contribution is 2.17. The minimum absolute atomic E-state index is 0.157. The molecule has 0 aliphatic rings. The van der Waals surface area contributed by atoms with Crippen molar-refractivity contribution in [3.05, 3.63) is 0 Å². The summed E-state index contributed by atoms with van der Waals surface area (Å²) in [4.78, 5) is 0. The summed E-state index contributed by atoms with van der Waals surface area (Å²) in [5.41, 5.74) is 0. The third-order valence-corrected chi connectivity index (χ3v) is 1.77. The lowest BCUT2D eigenvalue weighted by molar-refractivity contribution is 0.159. The molecule has 0 saturated heterocycles. The van der Waals surface area contributed by atoms with E-state index in [4.69, 9.17) is 0 Å². The molecular formula is C7H14F2. The predicted molar refractivity (Wildman–Crippen MR) is 34.9 cm³/mol. The first-order valence-corrected chi connectivity index (χ1v) is 3.29. The van der Waals surface area contributed by atoms with Gasteiger partial charge in [0.1, 0.15) is 12.8 Å². The first-order chi connectivity index (χ1) is 4.09. The van der Waals surface area contributed by atoms with Gasteiger partial charge in [0, 0.05) is 0 Å². The Morgan fingerprint density at radius 1 is 1.22 bits per heavy atom. The fraction of sp³-hybridized carbons (Fsp3) is 1.00. The van der Waals surface area contributed by atoms with Crippen molar-refractivity contribution in [1.82, 2.24) is 0 Å². The third kappa shape index (κ3) is 2.78. The van der Waals surface area contributed by atoms with E-state index in [-0.39, 0.29) is 11.8 Å². The van der Waals surface area contributed by atoms with Crippen molar-refractivity contribution in [3.63, 3.8) is 0 Å². The number of hydrogen-bond donors (Lipinski definition) is 0. The molecule has 9 heavy (non-hydrogen) atoms. The van der Waals surface area contributed by atoms with Gasteiger partial charge in [0.2, 0.25) is 0 Å². The molecule has 0 aromatic heterocycles. The molecule has 0 rings (SSSR count). The first-order valence-electron chi connectivity index (χ1n) is 3.29. The van der Waals surface area contributed by atoms with Crippen LogP contribution in [0.1, 0.15) is 20.8 Å². The van der Waals surface area contributed by atoms with Crippen LogP contribution in [0.15, 0.2) is 0 Å². The lowest BCUT2D eigenvalue weighted by Crippen LogP contribution is -2.19. The molecule has 0 aliphatic carbocycles. The van der Waals surface area contributed by atoms with Crippen molar-refractivity contribution >= 4 is 0 Å². The number of alkyl halides is 2. The van der Waals surface area contributed by atoms with Gasteiger partial charge in [-0.1, -0.05) is 20.8 Å². The SMILES string of the molecule is CC(C)[C@H](C)[C@@H](F)CF. The second kappa shape index (κ2) is 3.80. The maximum atomic E-state index is 12.4. The lowest BCUT2D eigenvalue weighted by atomic mass is 9.94. The minimum atomic E-state index is -1.27. The maximum Gasteiger partial charge on any atom is 0.131 e. The molecule has 0 amide bonds. The van der Waals surface area contributed by atoms with Crippen LogP contribution in [0.5, 0.6) is 0 Å². The topological polar surface area (TPSA) is 0 Å². The van der Waals surface area contributed by atoms with E-state index < -0.39 is 12.8 Å². The predicted octanol–water partition coefficient (Wildman–Crippen LogP) is 2.59. The van der Waals surface area contributed by atoms with Gasteiger partial charge in [-0.2, -0.15) is 0 Å². The molecule has 0 nitrogen and oxygen atoms in total. The van der Waals surface area contributed by atoms with E-state index in [1.54, 1.807) is 6.92 Å². The summed E-state index contributed by atoms with van der Waals surface area (Å²) in [5.74, 6) is 0.0748. The monoisotopic (exact) mass is 136 g/mol. The summed E-state index contributed by atoms with van der Waals surface area (Å²) in [6.45, 7) is 4.67. The molecule has 0 aliphatic heterocycles.